The van der Waals surface area contributed by atoms with E-state index in [2.05, 4.69) is 5.16 Å². The zero-order valence-electron chi connectivity index (χ0n) is 10.5. The number of nitrogens with zero attached hydrogens (tertiary/aromatic N) is 2. The highest BCUT2D eigenvalue weighted by molar-refractivity contribution is 6.31. The lowest BCUT2D eigenvalue weighted by atomic mass is 10.1. The molecule has 2 saturated heterocycles. The van der Waals surface area contributed by atoms with Crippen LogP contribution in [0.1, 0.15) is 17.9 Å². The average molecular weight is 264 g/mol. The Bertz CT molecular complexity index is 573. The third kappa shape index (κ3) is 1.74. The summed E-state index contributed by atoms with van der Waals surface area (Å²) in [4.78, 5) is 24.3. The first-order valence-electron chi connectivity index (χ1n) is 5.83. The molecule has 1 aromatic rings. The molecule has 0 atom stereocenters. The van der Waals surface area contributed by atoms with Crippen LogP contribution in [0.5, 0.6) is 0 Å². The maximum atomic E-state index is 11.3. The van der Waals surface area contributed by atoms with Crippen molar-refractivity contribution in [1.29, 1.82) is 0 Å². The van der Waals surface area contributed by atoms with Crippen molar-refractivity contribution in [3.05, 3.63) is 23.1 Å². The molecule has 19 heavy (non-hydrogen) atoms. The molecule has 7 nitrogen and oxygen atoms in total. The zero-order chi connectivity index (χ0) is 13.6. The number of esters is 2. The van der Waals surface area contributed by atoms with E-state index in [0.29, 0.717) is 24.3 Å². The van der Waals surface area contributed by atoms with Gasteiger partial charge in [0.05, 0.1) is 5.69 Å². The molecule has 3 heterocycles. The third-order valence-corrected chi connectivity index (χ3v) is 3.22. The molecule has 1 aromatic heterocycles. The lowest BCUT2D eigenvalue weighted by Crippen LogP contribution is -2.43. The van der Waals surface area contributed by atoms with Crippen molar-refractivity contribution in [3.8, 4) is 0 Å². The fourth-order valence-corrected chi connectivity index (χ4v) is 2.27. The molecular formula is C12H12N2O5. The summed E-state index contributed by atoms with van der Waals surface area (Å²) in [5.74, 6) is -2.85. The molecule has 1 spiro atoms. The lowest BCUT2D eigenvalue weighted by Gasteiger charge is -2.27. The molecule has 0 radical (unpaired) electrons. The lowest BCUT2D eigenvalue weighted by molar-refractivity contribution is -0.208. The Morgan fingerprint density at radius 2 is 2.05 bits per heavy atom. The molecule has 0 saturated carbocycles. The van der Waals surface area contributed by atoms with Crippen molar-refractivity contribution in [2.24, 2.45) is 0 Å². The van der Waals surface area contributed by atoms with Gasteiger partial charge in [-0.3, -0.25) is 0 Å². The first kappa shape index (κ1) is 11.9. The maximum Gasteiger partial charge on any atom is 0.422 e. The van der Waals surface area contributed by atoms with Gasteiger partial charge in [0.1, 0.15) is 0 Å². The van der Waals surface area contributed by atoms with Crippen molar-refractivity contribution in [2.75, 3.05) is 13.6 Å². The minimum Gasteiger partial charge on any atom is -0.396 e. The van der Waals surface area contributed by atoms with Crippen molar-refractivity contribution in [3.63, 3.8) is 0 Å². The summed E-state index contributed by atoms with van der Waals surface area (Å²) < 4.78 is 15.3. The standard InChI is InChI=1S/C12H12N2O5/c1-7-5-9(19-13-7)6-8-3-4-14(2)12(8)17-10(15)11(16)18-12/h5-6H,3-4H2,1-2H3/b8-6-. The van der Waals surface area contributed by atoms with Gasteiger partial charge in [0.25, 0.3) is 0 Å². The van der Waals surface area contributed by atoms with Gasteiger partial charge in [-0.2, -0.15) is 0 Å². The van der Waals surface area contributed by atoms with Crippen LogP contribution in [0.4, 0.5) is 0 Å². The fourth-order valence-electron chi connectivity index (χ4n) is 2.27. The van der Waals surface area contributed by atoms with Gasteiger partial charge in [-0.25, -0.2) is 14.5 Å². The van der Waals surface area contributed by atoms with Gasteiger partial charge in [-0.15, -0.1) is 0 Å². The van der Waals surface area contributed by atoms with Gasteiger partial charge in [0, 0.05) is 18.2 Å². The SMILES string of the molecule is Cc1cc(/C=C2/CCN(C)C23OC(=O)C(=O)O3)on1. The number of likely N-dealkylation sites (tertiary alicyclic amines) is 1. The predicted octanol–water partition coefficient (Wildman–Crippen LogP) is 0.456. The largest absolute Gasteiger partial charge is 0.422 e. The molecule has 3 rings (SSSR count). The summed E-state index contributed by atoms with van der Waals surface area (Å²) in [5, 5.41) is 3.77. The second-order valence-corrected chi connectivity index (χ2v) is 4.57. The molecular weight excluding hydrogens is 252 g/mol. The molecule has 0 unspecified atom stereocenters. The van der Waals surface area contributed by atoms with E-state index in [-0.39, 0.29) is 0 Å². The van der Waals surface area contributed by atoms with Crippen LogP contribution >= 0.6 is 0 Å². The van der Waals surface area contributed by atoms with E-state index in [4.69, 9.17) is 14.0 Å². The number of hydrogen-bond acceptors (Lipinski definition) is 7. The molecule has 2 aliphatic rings. The monoisotopic (exact) mass is 264 g/mol. The second kappa shape index (κ2) is 3.92. The summed E-state index contributed by atoms with van der Waals surface area (Å²) in [6.07, 6.45) is 2.30. The third-order valence-electron chi connectivity index (χ3n) is 3.22. The van der Waals surface area contributed by atoms with E-state index >= 15 is 0 Å². The van der Waals surface area contributed by atoms with Crippen LogP contribution in [-0.2, 0) is 19.1 Å². The van der Waals surface area contributed by atoms with E-state index in [0.717, 1.165) is 5.69 Å². The van der Waals surface area contributed by atoms with Gasteiger partial charge in [-0.05, 0) is 26.5 Å². The van der Waals surface area contributed by atoms with Crippen molar-refractivity contribution in [1.82, 2.24) is 10.1 Å². The van der Waals surface area contributed by atoms with Crippen LogP contribution in [0.2, 0.25) is 0 Å². The summed E-state index contributed by atoms with van der Waals surface area (Å²) in [6, 6.07) is 1.75. The Morgan fingerprint density at radius 3 is 2.63 bits per heavy atom. The highest BCUT2D eigenvalue weighted by Gasteiger charge is 2.57. The van der Waals surface area contributed by atoms with Crippen molar-refractivity contribution < 1.29 is 23.6 Å². The predicted molar refractivity (Wildman–Crippen MR) is 61.4 cm³/mol. The van der Waals surface area contributed by atoms with E-state index in [1.54, 1.807) is 31.0 Å². The average Bonchev–Trinajstić information content (AvgIpc) is 2.97. The molecule has 2 aliphatic heterocycles. The van der Waals surface area contributed by atoms with Crippen molar-refractivity contribution >= 4 is 18.0 Å². The Kier molecular flexibility index (Phi) is 2.46. The number of hydrogen-bond donors (Lipinski definition) is 0. The van der Waals surface area contributed by atoms with Crippen LogP contribution in [-0.4, -0.2) is 41.5 Å². The van der Waals surface area contributed by atoms with E-state index in [1.807, 2.05) is 0 Å². The number of likely N-dealkylation sites (N-methyl/N-ethyl adjacent to an activating group) is 1. The minimum atomic E-state index is -1.42. The fraction of sp³-hybridized carbons (Fsp3) is 0.417. The van der Waals surface area contributed by atoms with Crippen molar-refractivity contribution in [2.45, 2.75) is 19.3 Å². The number of aryl methyl sites for hydroxylation is 1. The van der Waals surface area contributed by atoms with E-state index in [9.17, 15) is 9.59 Å². The highest BCUT2D eigenvalue weighted by Crippen LogP contribution is 2.40. The normalized spacial score (nSPS) is 24.2. The van der Waals surface area contributed by atoms with Crippen LogP contribution in [0.3, 0.4) is 0 Å². The molecule has 0 aromatic carbocycles. The summed E-state index contributed by atoms with van der Waals surface area (Å²) >= 11 is 0. The topological polar surface area (TPSA) is 81.9 Å². The molecule has 0 N–H and O–H groups in total. The number of carbonyl (C=O) groups is 2. The number of ether oxygens (including phenoxy) is 2. The molecule has 2 fully saturated rings. The Hall–Kier alpha value is -2.15. The minimum absolute atomic E-state index is 0.529. The van der Waals surface area contributed by atoms with Crippen LogP contribution < -0.4 is 0 Å². The maximum absolute atomic E-state index is 11.3. The van der Waals surface area contributed by atoms with Gasteiger partial charge >= 0.3 is 17.8 Å². The van der Waals surface area contributed by atoms with Crippen LogP contribution in [0.25, 0.3) is 6.08 Å². The highest BCUT2D eigenvalue weighted by atomic mass is 16.8. The van der Waals surface area contributed by atoms with E-state index in [1.165, 1.54) is 0 Å². The summed E-state index contributed by atoms with van der Waals surface area (Å²) in [6.45, 7) is 2.41. The molecule has 0 amide bonds. The van der Waals surface area contributed by atoms with Gasteiger partial charge in [-0.1, -0.05) is 5.16 Å². The van der Waals surface area contributed by atoms with Gasteiger partial charge in [0.15, 0.2) is 5.76 Å². The van der Waals surface area contributed by atoms with Crippen LogP contribution in [0.15, 0.2) is 16.2 Å². The Morgan fingerprint density at radius 1 is 1.37 bits per heavy atom. The second-order valence-electron chi connectivity index (χ2n) is 4.57. The van der Waals surface area contributed by atoms with Gasteiger partial charge in [0.2, 0.25) is 0 Å². The Labute approximate surface area is 108 Å². The zero-order valence-corrected chi connectivity index (χ0v) is 10.5. The molecule has 7 heteroatoms. The first-order chi connectivity index (χ1) is 9.01. The Balaban J connectivity index is 1.99. The van der Waals surface area contributed by atoms with Crippen LogP contribution in [0, 0.1) is 6.92 Å². The summed E-state index contributed by atoms with van der Waals surface area (Å²) in [5.41, 5.74) is 1.40. The smallest absolute Gasteiger partial charge is 0.396 e. The number of aromatic nitrogens is 1. The van der Waals surface area contributed by atoms with Gasteiger partial charge < -0.3 is 14.0 Å². The molecule has 100 valence electrons. The molecule has 0 bridgehead atoms. The number of carbonyl (C=O) groups excluding carboxylic acids is 2. The molecule has 0 aliphatic carbocycles. The summed E-state index contributed by atoms with van der Waals surface area (Å²) in [7, 11) is 1.72. The number of rotatable bonds is 1. The van der Waals surface area contributed by atoms with E-state index < -0.39 is 17.8 Å². The quantitative estimate of drug-likeness (QED) is 0.538. The first-order valence-corrected chi connectivity index (χ1v) is 5.83.